The summed E-state index contributed by atoms with van der Waals surface area (Å²) in [4.78, 5) is 3.26. The van der Waals surface area contributed by atoms with Crippen LogP contribution < -0.4 is 39.9 Å². The monoisotopic (exact) mass is 686 g/mol. The molecule has 0 aliphatic rings. The Morgan fingerprint density at radius 1 is 0.463 bits per heavy atom. The van der Waals surface area contributed by atoms with Crippen molar-refractivity contribution in [2.24, 2.45) is 0 Å². The molecule has 0 bridgehead atoms. The molecule has 218 valence electrons. The van der Waals surface area contributed by atoms with Gasteiger partial charge in [0, 0.05) is 5.56 Å². The summed E-state index contributed by atoms with van der Waals surface area (Å²) in [6, 6.07) is 39.8. The lowest BCUT2D eigenvalue weighted by molar-refractivity contribution is -0.227. The highest BCUT2D eigenvalue weighted by Gasteiger charge is 2.72. The predicted octanol–water partition coefficient (Wildman–Crippen LogP) is 0.752. The van der Waals surface area contributed by atoms with Crippen LogP contribution in [0.15, 0.2) is 121 Å². The summed E-state index contributed by atoms with van der Waals surface area (Å²) in [5, 5.41) is 47.7. The van der Waals surface area contributed by atoms with Gasteiger partial charge >= 0.3 is 0 Å². The molecule has 0 aromatic heterocycles. The molecule has 0 amide bonds. The van der Waals surface area contributed by atoms with Gasteiger partial charge in [0.2, 0.25) is 5.40 Å². The summed E-state index contributed by atoms with van der Waals surface area (Å²) < 4.78 is 0. The lowest BCUT2D eigenvalue weighted by Crippen LogP contribution is -3.00. The Hall–Kier alpha value is -2.20. The van der Waals surface area contributed by atoms with Crippen molar-refractivity contribution in [2.75, 3.05) is 0 Å². The molecule has 0 fully saturated rings. The van der Waals surface area contributed by atoms with E-state index < -0.39 is 37.6 Å². The highest BCUT2D eigenvalue weighted by Crippen LogP contribution is 2.73. The van der Waals surface area contributed by atoms with Gasteiger partial charge in [-0.1, -0.05) is 84.9 Å². The third-order valence-corrected chi connectivity index (χ3v) is 12.3. The van der Waals surface area contributed by atoms with Crippen molar-refractivity contribution in [1.29, 1.82) is 0 Å². The largest absolute Gasteiger partial charge is 1.00 e. The molecule has 41 heavy (non-hydrogen) atoms. The molecule has 4 aromatic rings. The summed E-state index contributed by atoms with van der Waals surface area (Å²) >= 11 is 0. The van der Waals surface area contributed by atoms with Crippen LogP contribution in [0.2, 0.25) is 0 Å². The van der Waals surface area contributed by atoms with Gasteiger partial charge in [-0.2, -0.15) is 9.80 Å². The number of rotatable bonds is 11. The third-order valence-electron chi connectivity index (χ3n) is 7.39. The zero-order valence-corrected chi connectivity index (χ0v) is 26.9. The van der Waals surface area contributed by atoms with Gasteiger partial charge < -0.3 is 44.4 Å². The van der Waals surface area contributed by atoms with Gasteiger partial charge in [0.25, 0.3) is 0 Å². The number of benzene rings is 4. The molecule has 6 nitrogen and oxygen atoms in total. The Bertz CT molecular complexity index is 1190. The SMILES string of the molecule is CC(O)N(C(C)O)C(c1ccccc1)(N(C(C)O)C(C)O)[P+](c1ccccc1)(c1ccccc1)c1ccccc1.[I-]. The summed E-state index contributed by atoms with van der Waals surface area (Å²) in [6.45, 7) is 6.45. The van der Waals surface area contributed by atoms with Crippen molar-refractivity contribution < 1.29 is 44.4 Å². The lowest BCUT2D eigenvalue weighted by atomic mass is 10.1. The minimum absolute atomic E-state index is 0. The standard InChI is InChI=1S/C33H40N2O4P.HI/c1-25(36)34(26(2)37)33(29-17-9-5-10-18-29,35(27(3)38)28(4)39)40(30-19-11-6-12-20-30,31-21-13-7-14-22-31)32-23-15-8-16-24-32;/h5-28,36-39H,1-4H3;1H/q+1;/p-1. The van der Waals surface area contributed by atoms with Crippen LogP contribution in [-0.2, 0) is 5.40 Å². The highest BCUT2D eigenvalue weighted by atomic mass is 127. The van der Waals surface area contributed by atoms with Crippen molar-refractivity contribution in [3.8, 4) is 0 Å². The van der Waals surface area contributed by atoms with Crippen molar-refractivity contribution in [3.63, 3.8) is 0 Å². The lowest BCUT2D eigenvalue weighted by Gasteiger charge is -2.58. The molecule has 0 aliphatic carbocycles. The smallest absolute Gasteiger partial charge is 0.236 e. The van der Waals surface area contributed by atoms with Gasteiger partial charge in [0.1, 0.15) is 40.8 Å². The average molecular weight is 687 g/mol. The zero-order chi connectivity index (χ0) is 28.9. The van der Waals surface area contributed by atoms with Crippen molar-refractivity contribution in [2.45, 2.75) is 58.0 Å². The molecular weight excluding hydrogens is 646 g/mol. The topological polar surface area (TPSA) is 87.4 Å². The van der Waals surface area contributed by atoms with Crippen LogP contribution in [0.4, 0.5) is 0 Å². The maximum absolute atomic E-state index is 11.6. The van der Waals surface area contributed by atoms with Crippen molar-refractivity contribution in [1.82, 2.24) is 9.80 Å². The molecule has 4 rings (SSSR count). The Kier molecular flexibility index (Phi) is 11.6. The summed E-state index contributed by atoms with van der Waals surface area (Å²) in [7, 11) is -3.13. The van der Waals surface area contributed by atoms with E-state index in [0.29, 0.717) is 5.56 Å². The fourth-order valence-corrected chi connectivity index (χ4v) is 12.0. The van der Waals surface area contributed by atoms with Crippen LogP contribution in [-0.4, -0.2) is 55.1 Å². The molecule has 0 saturated carbocycles. The van der Waals surface area contributed by atoms with Gasteiger partial charge in [-0.3, -0.25) is 0 Å². The van der Waals surface area contributed by atoms with Gasteiger partial charge in [0.05, 0.1) is 0 Å². The predicted molar refractivity (Wildman–Crippen MR) is 164 cm³/mol. The number of nitrogens with zero attached hydrogens (tertiary/aromatic N) is 2. The van der Waals surface area contributed by atoms with Crippen LogP contribution in [0, 0.1) is 0 Å². The first-order valence-electron chi connectivity index (χ1n) is 13.6. The maximum Gasteiger partial charge on any atom is 0.236 e. The van der Waals surface area contributed by atoms with E-state index in [1.807, 2.05) is 84.9 Å². The Balaban J connectivity index is 0.00000462. The zero-order valence-electron chi connectivity index (χ0n) is 23.9. The molecule has 4 aromatic carbocycles. The van der Waals surface area contributed by atoms with Crippen LogP contribution in [0.25, 0.3) is 0 Å². The molecule has 0 saturated heterocycles. The summed E-state index contributed by atoms with van der Waals surface area (Å²) in [5.74, 6) is 0. The molecule has 4 unspecified atom stereocenters. The Morgan fingerprint density at radius 2 is 0.707 bits per heavy atom. The third kappa shape index (κ3) is 5.88. The Morgan fingerprint density at radius 3 is 0.951 bits per heavy atom. The normalized spacial score (nSPS) is 16.3. The van der Waals surface area contributed by atoms with Crippen LogP contribution in [0.3, 0.4) is 0 Å². The van der Waals surface area contributed by atoms with Crippen LogP contribution in [0.1, 0.15) is 33.3 Å². The average Bonchev–Trinajstić information content (AvgIpc) is 2.95. The van der Waals surface area contributed by atoms with E-state index in [1.54, 1.807) is 37.5 Å². The van der Waals surface area contributed by atoms with Gasteiger partial charge in [-0.15, -0.1) is 0 Å². The minimum atomic E-state index is -3.13. The first-order chi connectivity index (χ1) is 19.2. The molecule has 0 heterocycles. The van der Waals surface area contributed by atoms with Crippen molar-refractivity contribution >= 4 is 23.2 Å². The fraction of sp³-hybridized carbons (Fsp3) is 0.273. The van der Waals surface area contributed by atoms with E-state index in [9.17, 15) is 20.4 Å². The van der Waals surface area contributed by atoms with Gasteiger partial charge in [0.15, 0.2) is 7.26 Å². The number of aliphatic hydroxyl groups is 4. The molecule has 0 radical (unpaired) electrons. The fourth-order valence-electron chi connectivity index (χ4n) is 6.24. The van der Waals surface area contributed by atoms with E-state index in [2.05, 4.69) is 36.4 Å². The maximum atomic E-state index is 11.6. The van der Waals surface area contributed by atoms with E-state index in [1.165, 1.54) is 0 Å². The first-order valence-corrected chi connectivity index (χ1v) is 15.4. The van der Waals surface area contributed by atoms with E-state index in [0.717, 1.165) is 15.9 Å². The van der Waals surface area contributed by atoms with Gasteiger partial charge in [-0.05, 0) is 64.1 Å². The second-order valence-corrected chi connectivity index (χ2v) is 13.5. The summed E-state index contributed by atoms with van der Waals surface area (Å²) in [6.07, 6.45) is -4.74. The molecule has 0 spiro atoms. The second kappa shape index (κ2) is 14.3. The minimum Gasteiger partial charge on any atom is -1.00 e. The molecule has 4 N–H and O–H groups in total. The first kappa shape index (κ1) is 33.3. The Labute approximate surface area is 261 Å². The number of hydrogen-bond acceptors (Lipinski definition) is 6. The molecule has 4 atom stereocenters. The molecule has 8 heteroatoms. The van der Waals surface area contributed by atoms with Crippen molar-refractivity contribution in [3.05, 3.63) is 127 Å². The van der Waals surface area contributed by atoms with E-state index >= 15 is 0 Å². The second-order valence-electron chi connectivity index (χ2n) is 10.0. The highest BCUT2D eigenvalue weighted by molar-refractivity contribution is 7.96. The quantitative estimate of drug-likeness (QED) is 0.106. The molecule has 0 aliphatic heterocycles. The van der Waals surface area contributed by atoms with Gasteiger partial charge in [-0.25, -0.2) is 0 Å². The van der Waals surface area contributed by atoms with Crippen LogP contribution in [0.5, 0.6) is 0 Å². The van der Waals surface area contributed by atoms with E-state index in [4.69, 9.17) is 0 Å². The number of aliphatic hydroxyl groups excluding tert-OH is 4. The summed E-state index contributed by atoms with van der Waals surface area (Å²) in [5.41, 5.74) is 0.712. The van der Waals surface area contributed by atoms with Crippen LogP contribution >= 0.6 is 7.26 Å². The molecular formula is C33H40IN2O4P. The number of hydrogen-bond donors (Lipinski definition) is 4. The van der Waals surface area contributed by atoms with E-state index in [-0.39, 0.29) is 24.0 Å². The number of halogens is 1.